The van der Waals surface area contributed by atoms with Crippen LogP contribution in [0.3, 0.4) is 0 Å². The zero-order chi connectivity index (χ0) is 10.8. The summed E-state index contributed by atoms with van der Waals surface area (Å²) in [7, 11) is 0. The highest BCUT2D eigenvalue weighted by Crippen LogP contribution is 2.43. The molecule has 0 radical (unpaired) electrons. The standard InChI is InChI=1S/C13H25NO/c14-12(13(15)10-6-7-11-13)8-4-2-1-3-5-9-12/h15H,1-11,14H2. The molecule has 2 saturated carbocycles. The van der Waals surface area contributed by atoms with Gasteiger partial charge in [0, 0.05) is 5.54 Å². The fourth-order valence-corrected chi connectivity index (χ4v) is 3.46. The van der Waals surface area contributed by atoms with Crippen molar-refractivity contribution in [1.29, 1.82) is 0 Å². The molecule has 0 saturated heterocycles. The zero-order valence-corrected chi connectivity index (χ0v) is 9.80. The van der Waals surface area contributed by atoms with Crippen molar-refractivity contribution in [3.8, 4) is 0 Å². The van der Waals surface area contributed by atoms with Crippen LogP contribution in [-0.4, -0.2) is 16.2 Å². The zero-order valence-electron chi connectivity index (χ0n) is 9.80. The maximum atomic E-state index is 10.7. The predicted molar refractivity (Wildman–Crippen MR) is 62.7 cm³/mol. The van der Waals surface area contributed by atoms with E-state index in [0.717, 1.165) is 38.5 Å². The first-order valence-corrected chi connectivity index (χ1v) is 6.68. The summed E-state index contributed by atoms with van der Waals surface area (Å²) in [6.45, 7) is 0. The molecule has 15 heavy (non-hydrogen) atoms. The Balaban J connectivity index is 2.07. The first kappa shape index (κ1) is 11.4. The maximum Gasteiger partial charge on any atom is 0.0826 e. The van der Waals surface area contributed by atoms with Gasteiger partial charge in [0.2, 0.25) is 0 Å². The number of rotatable bonds is 1. The summed E-state index contributed by atoms with van der Waals surface area (Å²) in [4.78, 5) is 0. The van der Waals surface area contributed by atoms with Crippen LogP contribution >= 0.6 is 0 Å². The third-order valence-corrected chi connectivity index (χ3v) is 4.60. The normalized spacial score (nSPS) is 30.8. The Labute approximate surface area is 93.2 Å². The lowest BCUT2D eigenvalue weighted by Crippen LogP contribution is -2.59. The fraction of sp³-hybridized carbons (Fsp3) is 1.00. The highest BCUT2D eigenvalue weighted by Gasteiger charge is 2.48. The lowest BCUT2D eigenvalue weighted by atomic mass is 9.71. The molecule has 0 bridgehead atoms. The average Bonchev–Trinajstić information content (AvgIpc) is 2.61. The minimum Gasteiger partial charge on any atom is -0.388 e. The largest absolute Gasteiger partial charge is 0.388 e. The molecule has 2 rings (SSSR count). The Morgan fingerprint density at radius 1 is 0.667 bits per heavy atom. The Hall–Kier alpha value is -0.0800. The molecule has 0 aromatic carbocycles. The molecular formula is C13H25NO. The summed E-state index contributed by atoms with van der Waals surface area (Å²) >= 11 is 0. The van der Waals surface area contributed by atoms with E-state index in [0.29, 0.717) is 0 Å². The van der Waals surface area contributed by atoms with E-state index < -0.39 is 5.60 Å². The van der Waals surface area contributed by atoms with Crippen LogP contribution in [0, 0.1) is 0 Å². The lowest BCUT2D eigenvalue weighted by Gasteiger charge is -2.44. The highest BCUT2D eigenvalue weighted by molar-refractivity contribution is 5.05. The van der Waals surface area contributed by atoms with Crippen LogP contribution in [0.25, 0.3) is 0 Å². The summed E-state index contributed by atoms with van der Waals surface area (Å²) in [5.41, 5.74) is 5.71. The third-order valence-electron chi connectivity index (χ3n) is 4.60. The second-order valence-electron chi connectivity index (χ2n) is 5.66. The number of hydrogen-bond donors (Lipinski definition) is 2. The second-order valence-corrected chi connectivity index (χ2v) is 5.66. The van der Waals surface area contributed by atoms with E-state index in [1.165, 1.54) is 32.1 Å². The summed E-state index contributed by atoms with van der Waals surface area (Å²) in [5.74, 6) is 0. The Morgan fingerprint density at radius 3 is 1.60 bits per heavy atom. The quantitative estimate of drug-likeness (QED) is 0.700. The van der Waals surface area contributed by atoms with Gasteiger partial charge in [-0.3, -0.25) is 0 Å². The first-order chi connectivity index (χ1) is 7.16. The average molecular weight is 211 g/mol. The predicted octanol–water partition coefficient (Wildman–Crippen LogP) is 2.73. The molecular weight excluding hydrogens is 186 g/mol. The van der Waals surface area contributed by atoms with Crippen molar-refractivity contribution < 1.29 is 5.11 Å². The maximum absolute atomic E-state index is 10.7. The fourth-order valence-electron chi connectivity index (χ4n) is 3.46. The van der Waals surface area contributed by atoms with Gasteiger partial charge in [0.15, 0.2) is 0 Å². The van der Waals surface area contributed by atoms with Gasteiger partial charge in [-0.1, -0.05) is 44.9 Å². The van der Waals surface area contributed by atoms with E-state index >= 15 is 0 Å². The van der Waals surface area contributed by atoms with Crippen LogP contribution in [0.1, 0.15) is 70.6 Å². The molecule has 0 unspecified atom stereocenters. The van der Waals surface area contributed by atoms with E-state index in [2.05, 4.69) is 0 Å². The van der Waals surface area contributed by atoms with Gasteiger partial charge in [0.1, 0.15) is 0 Å². The van der Waals surface area contributed by atoms with Crippen molar-refractivity contribution in [2.75, 3.05) is 0 Å². The van der Waals surface area contributed by atoms with E-state index in [1.807, 2.05) is 0 Å². The van der Waals surface area contributed by atoms with Crippen LogP contribution in [0.15, 0.2) is 0 Å². The minimum atomic E-state index is -0.537. The second kappa shape index (κ2) is 4.42. The number of hydrogen-bond acceptors (Lipinski definition) is 2. The van der Waals surface area contributed by atoms with Crippen LogP contribution in [0.5, 0.6) is 0 Å². The van der Waals surface area contributed by atoms with Crippen LogP contribution in [0.2, 0.25) is 0 Å². The van der Waals surface area contributed by atoms with Gasteiger partial charge in [-0.2, -0.15) is 0 Å². The first-order valence-electron chi connectivity index (χ1n) is 6.68. The van der Waals surface area contributed by atoms with Gasteiger partial charge in [-0.05, 0) is 25.7 Å². The molecule has 0 spiro atoms. The summed E-state index contributed by atoms with van der Waals surface area (Å²) in [5, 5.41) is 10.7. The van der Waals surface area contributed by atoms with Crippen molar-refractivity contribution >= 4 is 0 Å². The molecule has 2 nitrogen and oxygen atoms in total. The van der Waals surface area contributed by atoms with E-state index in [1.54, 1.807) is 0 Å². The summed E-state index contributed by atoms with van der Waals surface area (Å²) in [6, 6.07) is 0. The number of nitrogens with two attached hydrogens (primary N) is 1. The molecule has 0 aliphatic heterocycles. The van der Waals surface area contributed by atoms with E-state index in [9.17, 15) is 5.11 Å². The van der Waals surface area contributed by atoms with Crippen molar-refractivity contribution in [1.82, 2.24) is 0 Å². The smallest absolute Gasteiger partial charge is 0.0826 e. The summed E-state index contributed by atoms with van der Waals surface area (Å²) in [6.07, 6.45) is 12.6. The van der Waals surface area contributed by atoms with Crippen LogP contribution < -0.4 is 5.73 Å². The van der Waals surface area contributed by atoms with Crippen molar-refractivity contribution in [2.24, 2.45) is 5.73 Å². The Kier molecular flexibility index (Phi) is 3.36. The Bertz CT molecular complexity index is 201. The highest BCUT2D eigenvalue weighted by atomic mass is 16.3. The molecule has 2 aliphatic carbocycles. The Morgan fingerprint density at radius 2 is 1.07 bits per heavy atom. The van der Waals surface area contributed by atoms with Gasteiger partial charge in [0.25, 0.3) is 0 Å². The molecule has 0 amide bonds. The molecule has 88 valence electrons. The molecule has 2 aliphatic rings. The van der Waals surface area contributed by atoms with Crippen molar-refractivity contribution in [3.63, 3.8) is 0 Å². The molecule has 2 heteroatoms. The molecule has 2 fully saturated rings. The topological polar surface area (TPSA) is 46.2 Å². The molecule has 3 N–H and O–H groups in total. The van der Waals surface area contributed by atoms with Gasteiger partial charge in [-0.25, -0.2) is 0 Å². The van der Waals surface area contributed by atoms with Gasteiger partial charge in [0.05, 0.1) is 5.60 Å². The van der Waals surface area contributed by atoms with Gasteiger partial charge >= 0.3 is 0 Å². The summed E-state index contributed by atoms with van der Waals surface area (Å²) < 4.78 is 0. The molecule has 0 atom stereocenters. The molecule has 0 aromatic heterocycles. The van der Waals surface area contributed by atoms with E-state index in [4.69, 9.17) is 5.73 Å². The monoisotopic (exact) mass is 211 g/mol. The lowest BCUT2D eigenvalue weighted by molar-refractivity contribution is -0.0414. The van der Waals surface area contributed by atoms with Gasteiger partial charge in [-0.15, -0.1) is 0 Å². The molecule has 0 heterocycles. The third kappa shape index (κ3) is 2.21. The number of aliphatic hydroxyl groups is 1. The SMILES string of the molecule is NC1(C2(O)CCCC2)CCCCCCC1. The minimum absolute atomic E-state index is 0.274. The van der Waals surface area contributed by atoms with Crippen LogP contribution in [-0.2, 0) is 0 Å². The van der Waals surface area contributed by atoms with Crippen LogP contribution in [0.4, 0.5) is 0 Å². The van der Waals surface area contributed by atoms with Gasteiger partial charge < -0.3 is 10.8 Å². The van der Waals surface area contributed by atoms with E-state index in [-0.39, 0.29) is 5.54 Å². The van der Waals surface area contributed by atoms with Crippen molar-refractivity contribution in [2.45, 2.75) is 81.8 Å². The van der Waals surface area contributed by atoms with Crippen molar-refractivity contribution in [3.05, 3.63) is 0 Å². The molecule has 0 aromatic rings.